The first-order valence-electron chi connectivity index (χ1n) is 4.74. The highest BCUT2D eigenvalue weighted by molar-refractivity contribution is 9.10. The molecule has 0 unspecified atom stereocenters. The molecule has 0 saturated heterocycles. The molecule has 0 aliphatic heterocycles. The normalized spacial score (nSPS) is 10.8. The second-order valence-corrected chi connectivity index (χ2v) is 4.24. The van der Waals surface area contributed by atoms with E-state index in [1.165, 1.54) is 6.33 Å². The second-order valence-electron chi connectivity index (χ2n) is 3.33. The minimum Gasteiger partial charge on any atom is -0.245 e. The predicted octanol–water partition coefficient (Wildman–Crippen LogP) is 2.58. The van der Waals surface area contributed by atoms with Gasteiger partial charge in [0.15, 0.2) is 5.82 Å². The number of hydrogen-bond donors (Lipinski definition) is 0. The first-order valence-corrected chi connectivity index (χ1v) is 5.53. The van der Waals surface area contributed by atoms with Gasteiger partial charge in [-0.15, -0.1) is 0 Å². The Hall–Kier alpha value is -1.75. The summed E-state index contributed by atoms with van der Waals surface area (Å²) in [6, 6.07) is 7.86. The van der Waals surface area contributed by atoms with Crippen LogP contribution in [0.2, 0.25) is 0 Å². The van der Waals surface area contributed by atoms with Gasteiger partial charge < -0.3 is 0 Å². The van der Waals surface area contributed by atoms with Crippen molar-refractivity contribution in [3.05, 3.63) is 47.5 Å². The number of fused-ring (bicyclic) bond motifs is 1. The van der Waals surface area contributed by atoms with Crippen molar-refractivity contribution in [1.29, 1.82) is 0 Å². The summed E-state index contributed by atoms with van der Waals surface area (Å²) in [4.78, 5) is 8.07. The van der Waals surface area contributed by atoms with Gasteiger partial charge in [-0.05, 0) is 12.1 Å². The monoisotopic (exact) mass is 274 g/mol. The van der Waals surface area contributed by atoms with Crippen LogP contribution in [0.1, 0.15) is 0 Å². The Morgan fingerprint density at radius 3 is 2.94 bits per heavy atom. The van der Waals surface area contributed by atoms with E-state index in [4.69, 9.17) is 0 Å². The highest BCUT2D eigenvalue weighted by Crippen LogP contribution is 2.21. The molecule has 78 valence electrons. The fourth-order valence-corrected chi connectivity index (χ4v) is 1.93. The fraction of sp³-hybridized carbons (Fsp3) is 0. The third kappa shape index (κ3) is 1.49. The molecule has 3 aromatic rings. The number of rotatable bonds is 1. The number of aromatic nitrogens is 4. The quantitative estimate of drug-likeness (QED) is 0.685. The molecule has 0 radical (unpaired) electrons. The van der Waals surface area contributed by atoms with Crippen LogP contribution in [-0.4, -0.2) is 19.7 Å². The molecule has 0 saturated carbocycles. The Morgan fingerprint density at radius 2 is 2.12 bits per heavy atom. The number of benzene rings is 1. The van der Waals surface area contributed by atoms with Crippen LogP contribution in [0.4, 0.5) is 0 Å². The first kappa shape index (κ1) is 9.47. The van der Waals surface area contributed by atoms with Gasteiger partial charge in [0.25, 0.3) is 0 Å². The van der Waals surface area contributed by atoms with Crippen molar-refractivity contribution in [1.82, 2.24) is 19.7 Å². The van der Waals surface area contributed by atoms with Gasteiger partial charge in [0, 0.05) is 22.1 Å². The van der Waals surface area contributed by atoms with E-state index < -0.39 is 0 Å². The number of halogens is 1. The van der Waals surface area contributed by atoms with Crippen molar-refractivity contribution in [3.8, 4) is 5.82 Å². The van der Waals surface area contributed by atoms with Crippen molar-refractivity contribution in [2.24, 2.45) is 0 Å². The molecule has 16 heavy (non-hydrogen) atoms. The van der Waals surface area contributed by atoms with Crippen LogP contribution in [0.15, 0.2) is 47.5 Å². The summed E-state index contributed by atoms with van der Waals surface area (Å²) in [5, 5.41) is 5.40. The van der Waals surface area contributed by atoms with Crippen molar-refractivity contribution in [2.45, 2.75) is 0 Å². The zero-order valence-corrected chi connectivity index (χ0v) is 9.79. The van der Waals surface area contributed by atoms with Gasteiger partial charge in [0.2, 0.25) is 0 Å². The Kier molecular flexibility index (Phi) is 2.18. The van der Waals surface area contributed by atoms with Crippen LogP contribution in [0.5, 0.6) is 0 Å². The van der Waals surface area contributed by atoms with E-state index in [0.29, 0.717) is 0 Å². The highest BCUT2D eigenvalue weighted by atomic mass is 79.9. The summed E-state index contributed by atoms with van der Waals surface area (Å²) in [7, 11) is 0. The smallest absolute Gasteiger partial charge is 0.157 e. The van der Waals surface area contributed by atoms with Crippen LogP contribution in [0.25, 0.3) is 16.7 Å². The van der Waals surface area contributed by atoms with Gasteiger partial charge in [-0.2, -0.15) is 5.10 Å². The minimum atomic E-state index is 0.767. The summed E-state index contributed by atoms with van der Waals surface area (Å²) in [5.41, 5.74) is 1.02. The van der Waals surface area contributed by atoms with Crippen molar-refractivity contribution in [3.63, 3.8) is 0 Å². The average Bonchev–Trinajstić information content (AvgIpc) is 2.73. The zero-order chi connectivity index (χ0) is 11.0. The summed E-state index contributed by atoms with van der Waals surface area (Å²) in [5.74, 6) is 0.767. The molecule has 3 rings (SSSR count). The lowest BCUT2D eigenvalue weighted by Gasteiger charge is -2.01. The van der Waals surface area contributed by atoms with Gasteiger partial charge in [-0.3, -0.25) is 0 Å². The standard InChI is InChI=1S/C11H7BrN4/c12-9-2-1-8-6-15-16(10(8)5-9)11-3-4-13-7-14-11/h1-7H. The first-order chi connectivity index (χ1) is 7.84. The molecular formula is C11H7BrN4. The molecule has 0 N–H and O–H groups in total. The molecule has 0 aliphatic carbocycles. The molecule has 1 aromatic carbocycles. The van der Waals surface area contributed by atoms with Crippen LogP contribution in [0.3, 0.4) is 0 Å². The summed E-state index contributed by atoms with van der Waals surface area (Å²) < 4.78 is 2.82. The Balaban J connectivity index is 2.29. The van der Waals surface area contributed by atoms with Gasteiger partial charge in [0.1, 0.15) is 6.33 Å². The fourth-order valence-electron chi connectivity index (χ4n) is 1.58. The molecular weight excluding hydrogens is 268 g/mol. The van der Waals surface area contributed by atoms with Crippen molar-refractivity contribution in [2.75, 3.05) is 0 Å². The van der Waals surface area contributed by atoms with Crippen molar-refractivity contribution < 1.29 is 0 Å². The molecule has 2 aromatic heterocycles. The molecule has 0 bridgehead atoms. The lowest BCUT2D eigenvalue weighted by atomic mass is 10.2. The van der Waals surface area contributed by atoms with Crippen LogP contribution in [0, 0.1) is 0 Å². The number of hydrogen-bond acceptors (Lipinski definition) is 3. The largest absolute Gasteiger partial charge is 0.245 e. The van der Waals surface area contributed by atoms with E-state index in [0.717, 1.165) is 21.2 Å². The van der Waals surface area contributed by atoms with Crippen molar-refractivity contribution >= 4 is 26.8 Å². The minimum absolute atomic E-state index is 0.767. The molecule has 0 fully saturated rings. The van der Waals surface area contributed by atoms with Gasteiger partial charge in [0.05, 0.1) is 11.7 Å². The third-order valence-corrected chi connectivity index (χ3v) is 2.81. The Morgan fingerprint density at radius 1 is 1.19 bits per heavy atom. The van der Waals surface area contributed by atoms with Crippen LogP contribution >= 0.6 is 15.9 Å². The van der Waals surface area contributed by atoms with E-state index in [2.05, 4.69) is 31.0 Å². The van der Waals surface area contributed by atoms with E-state index in [9.17, 15) is 0 Å². The Labute approximate surface area is 100 Å². The lowest BCUT2D eigenvalue weighted by Crippen LogP contribution is -1.98. The van der Waals surface area contributed by atoms with E-state index in [-0.39, 0.29) is 0 Å². The summed E-state index contributed by atoms with van der Waals surface area (Å²) in [6.07, 6.45) is 5.04. The third-order valence-electron chi connectivity index (χ3n) is 2.32. The molecule has 5 heteroatoms. The summed E-state index contributed by atoms with van der Waals surface area (Å²) in [6.45, 7) is 0. The summed E-state index contributed by atoms with van der Waals surface area (Å²) >= 11 is 3.45. The average molecular weight is 275 g/mol. The van der Waals surface area contributed by atoms with Gasteiger partial charge >= 0.3 is 0 Å². The molecule has 0 atom stereocenters. The maximum atomic E-state index is 4.31. The maximum absolute atomic E-state index is 4.31. The second kappa shape index (κ2) is 3.68. The Bertz CT molecular complexity index is 633. The molecule has 2 heterocycles. The molecule has 0 aliphatic rings. The van der Waals surface area contributed by atoms with E-state index in [1.807, 2.05) is 30.5 Å². The molecule has 4 nitrogen and oxygen atoms in total. The topological polar surface area (TPSA) is 43.6 Å². The van der Waals surface area contributed by atoms with Crippen LogP contribution in [-0.2, 0) is 0 Å². The van der Waals surface area contributed by atoms with Gasteiger partial charge in [-0.25, -0.2) is 14.6 Å². The molecule has 0 amide bonds. The predicted molar refractivity (Wildman–Crippen MR) is 64.4 cm³/mol. The van der Waals surface area contributed by atoms with Crippen LogP contribution < -0.4 is 0 Å². The highest BCUT2D eigenvalue weighted by Gasteiger charge is 2.05. The SMILES string of the molecule is Brc1ccc2cnn(-c3ccncn3)c2c1. The molecule has 0 spiro atoms. The maximum Gasteiger partial charge on any atom is 0.157 e. The lowest BCUT2D eigenvalue weighted by molar-refractivity contribution is 0.865. The van der Waals surface area contributed by atoms with E-state index in [1.54, 1.807) is 10.9 Å². The number of nitrogens with zero attached hydrogens (tertiary/aromatic N) is 4. The zero-order valence-electron chi connectivity index (χ0n) is 8.21. The van der Waals surface area contributed by atoms with E-state index >= 15 is 0 Å². The van der Waals surface area contributed by atoms with Gasteiger partial charge in [-0.1, -0.05) is 22.0 Å².